The van der Waals surface area contributed by atoms with Crippen molar-refractivity contribution in [2.45, 2.75) is 6.92 Å². The zero-order valence-corrected chi connectivity index (χ0v) is 13.7. The first-order chi connectivity index (χ1) is 11.6. The van der Waals surface area contributed by atoms with Gasteiger partial charge in [0.2, 0.25) is 11.8 Å². The Kier molecular flexibility index (Phi) is 6.19. The topological polar surface area (TPSA) is 71.8 Å². The van der Waals surface area contributed by atoms with Crippen molar-refractivity contribution in [3.8, 4) is 5.75 Å². The highest BCUT2D eigenvalue weighted by Gasteiger charge is 2.13. The maximum atomic E-state index is 12.2. The predicted molar refractivity (Wildman–Crippen MR) is 91.6 cm³/mol. The van der Waals surface area contributed by atoms with E-state index in [1.807, 2.05) is 6.92 Å². The smallest absolute Gasteiger partial charge is 0.247 e. The molecule has 0 saturated carbocycles. The quantitative estimate of drug-likeness (QED) is 0.793. The molecule has 0 saturated heterocycles. The van der Waals surface area contributed by atoms with E-state index in [2.05, 4.69) is 5.32 Å². The third kappa shape index (κ3) is 5.01. The molecule has 6 nitrogen and oxygen atoms in total. The van der Waals surface area contributed by atoms with Gasteiger partial charge in [-0.05, 0) is 37.3 Å². The number of carbonyl (C=O) groups is 2. The third-order valence-electron chi connectivity index (χ3n) is 3.31. The normalized spacial score (nSPS) is 10.6. The summed E-state index contributed by atoms with van der Waals surface area (Å²) in [6, 6.07) is 10.5. The molecule has 0 radical (unpaired) electrons. The number of furan rings is 1. The summed E-state index contributed by atoms with van der Waals surface area (Å²) in [6.45, 7) is 2.21. The molecule has 0 atom stereocenters. The van der Waals surface area contributed by atoms with Crippen molar-refractivity contribution in [1.29, 1.82) is 0 Å². The van der Waals surface area contributed by atoms with E-state index in [9.17, 15) is 9.59 Å². The summed E-state index contributed by atoms with van der Waals surface area (Å²) in [6.07, 6.45) is 4.50. The van der Waals surface area contributed by atoms with Gasteiger partial charge in [-0.25, -0.2) is 0 Å². The minimum absolute atomic E-state index is 0.0327. The molecule has 1 aromatic heterocycles. The summed E-state index contributed by atoms with van der Waals surface area (Å²) in [4.78, 5) is 25.7. The number of anilines is 1. The van der Waals surface area contributed by atoms with Gasteiger partial charge in [-0.1, -0.05) is 6.07 Å². The van der Waals surface area contributed by atoms with Gasteiger partial charge in [-0.3, -0.25) is 9.59 Å². The number of ether oxygens (including phenoxy) is 1. The summed E-state index contributed by atoms with van der Waals surface area (Å²) in [7, 11) is 1.56. The van der Waals surface area contributed by atoms with Crippen LogP contribution in [0.1, 0.15) is 12.7 Å². The van der Waals surface area contributed by atoms with Crippen LogP contribution in [0.4, 0.5) is 5.69 Å². The van der Waals surface area contributed by atoms with Crippen LogP contribution >= 0.6 is 0 Å². The number of nitrogens with zero attached hydrogens (tertiary/aromatic N) is 1. The van der Waals surface area contributed by atoms with Crippen LogP contribution in [-0.2, 0) is 9.59 Å². The second kappa shape index (κ2) is 8.57. The van der Waals surface area contributed by atoms with E-state index < -0.39 is 0 Å². The highest BCUT2D eigenvalue weighted by Crippen LogP contribution is 2.16. The maximum absolute atomic E-state index is 12.2. The fraction of sp³-hybridized carbons (Fsp3) is 0.222. The zero-order valence-electron chi connectivity index (χ0n) is 13.7. The highest BCUT2D eigenvalue weighted by molar-refractivity contribution is 5.98. The molecule has 0 unspecified atom stereocenters. The molecule has 2 aromatic rings. The lowest BCUT2D eigenvalue weighted by atomic mass is 10.3. The van der Waals surface area contributed by atoms with Crippen molar-refractivity contribution in [3.05, 3.63) is 54.5 Å². The SMILES string of the molecule is CCN(CC(=O)Nc1cccc(OC)c1)C(=O)/C=C/c1ccco1. The Hall–Kier alpha value is -3.02. The number of methoxy groups -OCH3 is 1. The fourth-order valence-electron chi connectivity index (χ4n) is 2.07. The molecule has 0 spiro atoms. The van der Waals surface area contributed by atoms with E-state index in [4.69, 9.17) is 9.15 Å². The number of rotatable bonds is 7. The number of carbonyl (C=O) groups excluding carboxylic acids is 2. The zero-order chi connectivity index (χ0) is 17.4. The number of likely N-dealkylation sites (N-methyl/N-ethyl adjacent to an activating group) is 1. The summed E-state index contributed by atoms with van der Waals surface area (Å²) < 4.78 is 10.2. The average Bonchev–Trinajstić information content (AvgIpc) is 3.11. The Labute approximate surface area is 140 Å². The molecule has 24 heavy (non-hydrogen) atoms. The second-order valence-electron chi connectivity index (χ2n) is 4.98. The molecular formula is C18H20N2O4. The lowest BCUT2D eigenvalue weighted by Crippen LogP contribution is -2.36. The van der Waals surface area contributed by atoms with Gasteiger partial charge in [0.1, 0.15) is 18.1 Å². The van der Waals surface area contributed by atoms with E-state index in [-0.39, 0.29) is 18.4 Å². The standard InChI is InChI=1S/C18H20N2O4/c1-3-20(18(22)10-9-15-8-5-11-24-15)13-17(21)19-14-6-4-7-16(12-14)23-2/h4-12H,3,13H2,1-2H3,(H,19,21)/b10-9+. The van der Waals surface area contributed by atoms with Crippen molar-refractivity contribution in [3.63, 3.8) is 0 Å². The molecule has 0 aliphatic carbocycles. The molecule has 2 rings (SSSR count). The second-order valence-corrected chi connectivity index (χ2v) is 4.98. The first-order valence-electron chi connectivity index (χ1n) is 7.56. The molecule has 0 aliphatic heterocycles. The molecule has 1 N–H and O–H groups in total. The number of hydrogen-bond donors (Lipinski definition) is 1. The number of nitrogens with one attached hydrogen (secondary N) is 1. The van der Waals surface area contributed by atoms with Crippen LogP contribution < -0.4 is 10.1 Å². The van der Waals surface area contributed by atoms with Crippen LogP contribution in [0.15, 0.2) is 53.2 Å². The molecule has 126 valence electrons. The van der Waals surface area contributed by atoms with E-state index in [0.717, 1.165) is 0 Å². The molecule has 0 bridgehead atoms. The Balaban J connectivity index is 1.93. The van der Waals surface area contributed by atoms with E-state index >= 15 is 0 Å². The van der Waals surface area contributed by atoms with Gasteiger partial charge >= 0.3 is 0 Å². The van der Waals surface area contributed by atoms with Crippen molar-refractivity contribution >= 4 is 23.6 Å². The van der Waals surface area contributed by atoms with Crippen LogP contribution in [0.25, 0.3) is 6.08 Å². The molecule has 6 heteroatoms. The van der Waals surface area contributed by atoms with Crippen LogP contribution in [0.3, 0.4) is 0 Å². The predicted octanol–water partition coefficient (Wildman–Crippen LogP) is 2.79. The van der Waals surface area contributed by atoms with Gasteiger partial charge in [-0.2, -0.15) is 0 Å². The van der Waals surface area contributed by atoms with Crippen LogP contribution in [0.2, 0.25) is 0 Å². The highest BCUT2D eigenvalue weighted by atomic mass is 16.5. The van der Waals surface area contributed by atoms with Gasteiger partial charge in [0.05, 0.1) is 13.4 Å². The van der Waals surface area contributed by atoms with Crippen molar-refractivity contribution in [2.75, 3.05) is 25.5 Å². The van der Waals surface area contributed by atoms with Gasteiger partial charge in [0, 0.05) is 24.4 Å². The number of amides is 2. The van der Waals surface area contributed by atoms with Crippen LogP contribution in [-0.4, -0.2) is 36.9 Å². The minimum atomic E-state index is -0.273. The Morgan fingerprint density at radius 3 is 2.79 bits per heavy atom. The average molecular weight is 328 g/mol. The molecule has 2 amide bonds. The molecular weight excluding hydrogens is 308 g/mol. The first-order valence-corrected chi connectivity index (χ1v) is 7.56. The first kappa shape index (κ1) is 17.3. The minimum Gasteiger partial charge on any atom is -0.497 e. The number of hydrogen-bond acceptors (Lipinski definition) is 4. The summed E-state index contributed by atoms with van der Waals surface area (Å²) >= 11 is 0. The van der Waals surface area contributed by atoms with Crippen molar-refractivity contribution < 1.29 is 18.7 Å². The Morgan fingerprint density at radius 1 is 1.29 bits per heavy atom. The van der Waals surface area contributed by atoms with Gasteiger partial charge in [0.25, 0.3) is 0 Å². The largest absolute Gasteiger partial charge is 0.497 e. The van der Waals surface area contributed by atoms with Crippen molar-refractivity contribution in [2.24, 2.45) is 0 Å². The Bertz CT molecular complexity index is 708. The Morgan fingerprint density at radius 2 is 2.12 bits per heavy atom. The van der Waals surface area contributed by atoms with Gasteiger partial charge < -0.3 is 19.4 Å². The summed E-state index contributed by atoms with van der Waals surface area (Å²) in [5.74, 6) is 0.706. The molecule has 0 aliphatic rings. The van der Waals surface area contributed by atoms with Crippen LogP contribution in [0.5, 0.6) is 5.75 Å². The van der Waals surface area contributed by atoms with Gasteiger partial charge in [-0.15, -0.1) is 0 Å². The maximum Gasteiger partial charge on any atom is 0.247 e. The van der Waals surface area contributed by atoms with Crippen molar-refractivity contribution in [1.82, 2.24) is 4.90 Å². The molecule has 1 aromatic carbocycles. The number of benzene rings is 1. The van der Waals surface area contributed by atoms with E-state index in [1.54, 1.807) is 49.6 Å². The lowest BCUT2D eigenvalue weighted by Gasteiger charge is -2.18. The summed E-state index contributed by atoms with van der Waals surface area (Å²) in [5.41, 5.74) is 0.619. The van der Waals surface area contributed by atoms with Gasteiger partial charge in [0.15, 0.2) is 0 Å². The molecule has 1 heterocycles. The van der Waals surface area contributed by atoms with E-state index in [1.165, 1.54) is 17.2 Å². The summed E-state index contributed by atoms with van der Waals surface area (Å²) in [5, 5.41) is 2.75. The monoisotopic (exact) mass is 328 g/mol. The van der Waals surface area contributed by atoms with Crippen LogP contribution in [0, 0.1) is 0 Å². The third-order valence-corrected chi connectivity index (χ3v) is 3.31. The lowest BCUT2D eigenvalue weighted by molar-refractivity contribution is -0.130. The molecule has 0 fully saturated rings. The van der Waals surface area contributed by atoms with E-state index in [0.29, 0.717) is 23.7 Å². The fourth-order valence-corrected chi connectivity index (χ4v) is 2.07.